The third-order valence-electron chi connectivity index (χ3n) is 5.41. The van der Waals surface area contributed by atoms with Crippen molar-refractivity contribution in [1.29, 1.82) is 0 Å². The van der Waals surface area contributed by atoms with Gasteiger partial charge >= 0.3 is 33.6 Å². The molecule has 6 aromatic rings. The van der Waals surface area contributed by atoms with E-state index in [2.05, 4.69) is 39.9 Å². The van der Waals surface area contributed by atoms with Crippen LogP contribution in [-0.4, -0.2) is 24.9 Å². The summed E-state index contributed by atoms with van der Waals surface area (Å²) >= 11 is 0. The molecule has 0 atom stereocenters. The summed E-state index contributed by atoms with van der Waals surface area (Å²) in [5, 5.41) is 0. The molecule has 0 aliphatic carbocycles. The molecule has 0 aliphatic rings. The van der Waals surface area contributed by atoms with Gasteiger partial charge in [0.15, 0.2) is 0 Å². The molecule has 4 heterocycles. The van der Waals surface area contributed by atoms with Crippen molar-refractivity contribution in [3.05, 3.63) is 154 Å². The van der Waals surface area contributed by atoms with E-state index in [-0.39, 0.29) is 33.6 Å². The van der Waals surface area contributed by atoms with E-state index in [1.165, 1.54) is 0 Å². The Bertz CT molecular complexity index is 1470. The Labute approximate surface area is 285 Å². The molecule has 6 rings (SSSR count). The maximum absolute atomic E-state index is 7.25. The van der Waals surface area contributed by atoms with Crippen molar-refractivity contribution >= 4 is 47.6 Å². The Kier molecular flexibility index (Phi) is 19.2. The molecule has 0 fully saturated rings. The number of aromatic nitrogens is 4. The van der Waals surface area contributed by atoms with Gasteiger partial charge in [0, 0.05) is 24.9 Å². The first kappa shape index (κ1) is 38.5. The number of para-hydroxylation sites is 4. The third kappa shape index (κ3) is 13.0. The zero-order valence-corrected chi connectivity index (χ0v) is 25.9. The van der Waals surface area contributed by atoms with Crippen molar-refractivity contribution < 1.29 is 33.6 Å². The summed E-state index contributed by atoms with van der Waals surface area (Å²) in [6.07, 6.45) is 13.9. The molecular weight excluding hydrogens is 674 g/mol. The summed E-state index contributed by atoms with van der Waals surface area (Å²) in [5.74, 6) is 0. The molecule has 0 N–H and O–H groups in total. The second-order valence-corrected chi connectivity index (χ2v) is 8.26. The number of benzene rings is 2. The molecule has 0 spiro atoms. The van der Waals surface area contributed by atoms with Gasteiger partial charge in [0.05, 0.1) is 22.7 Å². The Hall–Kier alpha value is -5.55. The van der Waals surface area contributed by atoms with Crippen LogP contribution in [0.15, 0.2) is 142 Å². The Morgan fingerprint density at radius 3 is 0.761 bits per heavy atom. The van der Waals surface area contributed by atoms with E-state index in [0.717, 1.165) is 45.5 Å². The van der Waals surface area contributed by atoms with Gasteiger partial charge in [-0.15, -0.1) is 32.6 Å². The molecular formula is C32H24Co2N10O2. The fraction of sp³-hybridized carbons (Fsp3) is 0. The van der Waals surface area contributed by atoms with E-state index in [0.29, 0.717) is 0 Å². The predicted molar refractivity (Wildman–Crippen MR) is 172 cm³/mol. The van der Waals surface area contributed by atoms with Crippen LogP contribution in [0.3, 0.4) is 0 Å². The SMILES string of the molecule is C(=Nc1ccccc1N=Cc1ccc[n-]1)c1ccc[n-]1.C(=Nc1ccccc1N=Cc1ccc[n-]1)c1ccc[n-]1.[Co+2].[Co+2].[N]=O.[N]=O. The normalized spacial score (nSPS) is 10.3. The first-order chi connectivity index (χ1) is 21.8. The third-order valence-corrected chi connectivity index (χ3v) is 5.41. The minimum atomic E-state index is 0. The summed E-state index contributed by atoms with van der Waals surface area (Å²) in [6, 6.07) is 30.6. The first-order valence-electron chi connectivity index (χ1n) is 12.9. The van der Waals surface area contributed by atoms with Crippen LogP contribution in [0.25, 0.3) is 0 Å². The first-order valence-corrected chi connectivity index (χ1v) is 12.9. The number of rotatable bonds is 8. The van der Waals surface area contributed by atoms with Gasteiger partial charge in [-0.2, -0.15) is 24.8 Å². The number of hydrogen-bond donors (Lipinski definition) is 0. The van der Waals surface area contributed by atoms with Crippen molar-refractivity contribution in [2.75, 3.05) is 0 Å². The van der Waals surface area contributed by atoms with Crippen molar-refractivity contribution in [1.82, 2.24) is 31.1 Å². The molecule has 14 heteroatoms. The van der Waals surface area contributed by atoms with Crippen LogP contribution >= 0.6 is 0 Å². The molecule has 0 unspecified atom stereocenters. The van der Waals surface area contributed by atoms with Gasteiger partial charge in [-0.25, -0.2) is 0 Å². The monoisotopic (exact) mass is 698 g/mol. The Morgan fingerprint density at radius 1 is 0.370 bits per heavy atom. The Balaban J connectivity index is 0.000000400. The van der Waals surface area contributed by atoms with E-state index in [9.17, 15) is 0 Å². The van der Waals surface area contributed by atoms with Gasteiger partial charge in [-0.3, -0.25) is 20.0 Å². The number of nitroso groups, excluding NO2 is 2. The largest absolute Gasteiger partial charge is 2.00 e. The van der Waals surface area contributed by atoms with Crippen LogP contribution in [0.4, 0.5) is 22.7 Å². The van der Waals surface area contributed by atoms with Crippen LogP contribution in [0.5, 0.6) is 0 Å². The number of nitrogens with zero attached hydrogens (tertiary/aromatic N) is 10. The quantitative estimate of drug-likeness (QED) is 0.194. The van der Waals surface area contributed by atoms with E-state index < -0.39 is 0 Å². The summed E-state index contributed by atoms with van der Waals surface area (Å²) in [6.45, 7) is 0. The molecule has 2 aromatic carbocycles. The fourth-order valence-corrected chi connectivity index (χ4v) is 3.47. The number of hydrogen-bond acceptors (Lipinski definition) is 6. The molecule has 232 valence electrons. The molecule has 4 radical (unpaired) electrons. The second kappa shape index (κ2) is 22.9. The molecule has 0 amide bonds. The van der Waals surface area contributed by atoms with Gasteiger partial charge in [-0.1, -0.05) is 72.8 Å². The standard InChI is InChI=1S/2C16H12N4.2Co.2NO/c2*1-2-8-16(20-12-14-6-4-10-18-14)15(7-1)19-11-13-5-3-9-17-13;;;2*1-2/h2*1-12H;;;;/q2*-2;2*+2;;. The maximum atomic E-state index is 7.25. The summed E-state index contributed by atoms with van der Waals surface area (Å²) in [4.78, 5) is 48.8. The van der Waals surface area contributed by atoms with E-state index in [1.807, 2.05) is 97.1 Å². The topological polar surface area (TPSA) is 185 Å². The van der Waals surface area contributed by atoms with E-state index in [1.54, 1.807) is 49.6 Å². The van der Waals surface area contributed by atoms with Gasteiger partial charge in [-0.05, 0) is 24.3 Å². The van der Waals surface area contributed by atoms with Crippen molar-refractivity contribution in [2.24, 2.45) is 20.0 Å². The summed E-state index contributed by atoms with van der Waals surface area (Å²) < 4.78 is 0. The average Bonchev–Trinajstić information content (AvgIpc) is 3.93. The van der Waals surface area contributed by atoms with Crippen LogP contribution < -0.4 is 31.1 Å². The van der Waals surface area contributed by atoms with Crippen molar-refractivity contribution in [3.8, 4) is 0 Å². The summed E-state index contributed by atoms with van der Waals surface area (Å²) in [7, 11) is 0. The van der Waals surface area contributed by atoms with E-state index in [4.69, 9.17) is 21.0 Å². The molecule has 12 nitrogen and oxygen atoms in total. The molecule has 46 heavy (non-hydrogen) atoms. The van der Waals surface area contributed by atoms with E-state index >= 15 is 0 Å². The van der Waals surface area contributed by atoms with Gasteiger partial charge in [0.25, 0.3) is 0 Å². The fourth-order valence-electron chi connectivity index (χ4n) is 3.47. The van der Waals surface area contributed by atoms with Gasteiger partial charge < -0.3 is 19.9 Å². The van der Waals surface area contributed by atoms with Crippen LogP contribution in [-0.2, 0) is 33.6 Å². The van der Waals surface area contributed by atoms with Crippen molar-refractivity contribution in [2.45, 2.75) is 0 Å². The average molecular weight is 698 g/mol. The predicted octanol–water partition coefficient (Wildman–Crippen LogP) is 5.31. The van der Waals surface area contributed by atoms with Gasteiger partial charge in [0.2, 0.25) is 0 Å². The van der Waals surface area contributed by atoms with Crippen LogP contribution in [0.1, 0.15) is 22.8 Å². The van der Waals surface area contributed by atoms with Crippen LogP contribution in [0.2, 0.25) is 0 Å². The number of aliphatic imine (C=N–C) groups is 4. The molecule has 0 bridgehead atoms. The van der Waals surface area contributed by atoms with Crippen molar-refractivity contribution in [3.63, 3.8) is 0 Å². The Morgan fingerprint density at radius 2 is 0.587 bits per heavy atom. The molecule has 4 aromatic heterocycles. The minimum absolute atomic E-state index is 0. The maximum Gasteiger partial charge on any atom is 2.00 e. The summed E-state index contributed by atoms with van der Waals surface area (Å²) in [5.41, 5.74) is 18.1. The molecule has 0 saturated carbocycles. The zero-order valence-electron chi connectivity index (χ0n) is 23.8. The zero-order chi connectivity index (χ0) is 31.2. The molecule has 0 aliphatic heterocycles. The van der Waals surface area contributed by atoms with Gasteiger partial charge in [0.1, 0.15) is 11.2 Å². The minimum Gasteiger partial charge on any atom is -0.663 e. The van der Waals surface area contributed by atoms with Crippen LogP contribution in [0, 0.1) is 9.81 Å². The smallest absolute Gasteiger partial charge is 0.663 e. The second-order valence-electron chi connectivity index (χ2n) is 8.26. The molecule has 0 saturated heterocycles.